The fraction of sp³-hybridized carbons (Fsp3) is 0.714. The van der Waals surface area contributed by atoms with E-state index in [0.29, 0.717) is 17.8 Å². The summed E-state index contributed by atoms with van der Waals surface area (Å²) in [6.45, 7) is 12.3. The first-order valence-corrected chi connectivity index (χ1v) is 8.08. The summed E-state index contributed by atoms with van der Waals surface area (Å²) in [5, 5.41) is 3.58. The van der Waals surface area contributed by atoms with Gasteiger partial charge in [0.25, 0.3) is 0 Å². The SMILES string of the molecule is CC(NCC(C(C)C)C(C)C)c1cc(Cl)sc1Cl. The molecule has 0 aliphatic rings. The van der Waals surface area contributed by atoms with Crippen LogP contribution < -0.4 is 5.32 Å². The van der Waals surface area contributed by atoms with E-state index in [1.807, 2.05) is 6.07 Å². The molecule has 1 N–H and O–H groups in total. The summed E-state index contributed by atoms with van der Waals surface area (Å²) in [6, 6.07) is 2.22. The highest BCUT2D eigenvalue weighted by Gasteiger charge is 2.19. The van der Waals surface area contributed by atoms with Gasteiger partial charge in [0.05, 0.1) is 8.67 Å². The Balaban J connectivity index is 2.60. The molecule has 0 bridgehead atoms. The van der Waals surface area contributed by atoms with Crippen LogP contribution in [-0.4, -0.2) is 6.54 Å². The van der Waals surface area contributed by atoms with Gasteiger partial charge in [0, 0.05) is 6.04 Å². The average Bonchev–Trinajstić information content (AvgIpc) is 2.56. The van der Waals surface area contributed by atoms with Gasteiger partial charge in [0.1, 0.15) is 0 Å². The summed E-state index contributed by atoms with van der Waals surface area (Å²) in [6.07, 6.45) is 0. The Bertz CT molecular complexity index is 366. The highest BCUT2D eigenvalue weighted by atomic mass is 35.5. The van der Waals surface area contributed by atoms with Gasteiger partial charge in [-0.2, -0.15) is 0 Å². The number of halogens is 2. The minimum Gasteiger partial charge on any atom is -0.310 e. The lowest BCUT2D eigenvalue weighted by atomic mass is 9.85. The molecule has 1 nitrogen and oxygen atoms in total. The molecule has 0 saturated carbocycles. The van der Waals surface area contributed by atoms with Gasteiger partial charge >= 0.3 is 0 Å². The Morgan fingerprint density at radius 2 is 1.67 bits per heavy atom. The van der Waals surface area contributed by atoms with Gasteiger partial charge in [-0.3, -0.25) is 0 Å². The summed E-state index contributed by atoms with van der Waals surface area (Å²) < 4.78 is 1.55. The number of nitrogens with one attached hydrogen (secondary N) is 1. The van der Waals surface area contributed by atoms with E-state index in [1.54, 1.807) is 0 Å². The maximum Gasteiger partial charge on any atom is 0.0991 e. The van der Waals surface area contributed by atoms with Crippen molar-refractivity contribution in [1.29, 1.82) is 0 Å². The first-order chi connectivity index (χ1) is 8.32. The van der Waals surface area contributed by atoms with E-state index >= 15 is 0 Å². The van der Waals surface area contributed by atoms with Crippen molar-refractivity contribution in [3.8, 4) is 0 Å². The Kier molecular flexibility index (Phi) is 6.46. The minimum absolute atomic E-state index is 0.251. The minimum atomic E-state index is 0.251. The normalized spacial score (nSPS) is 13.9. The Morgan fingerprint density at radius 1 is 1.11 bits per heavy atom. The summed E-state index contributed by atoms with van der Waals surface area (Å²) in [7, 11) is 0. The zero-order chi connectivity index (χ0) is 13.9. The van der Waals surface area contributed by atoms with Crippen LogP contribution in [0.3, 0.4) is 0 Å². The smallest absolute Gasteiger partial charge is 0.0991 e. The molecule has 1 unspecified atom stereocenters. The van der Waals surface area contributed by atoms with Crippen LogP contribution in [0.1, 0.15) is 46.2 Å². The average molecular weight is 308 g/mol. The maximum atomic E-state index is 6.17. The molecule has 0 amide bonds. The first kappa shape index (κ1) is 16.3. The topological polar surface area (TPSA) is 12.0 Å². The number of thiophene rings is 1. The van der Waals surface area contributed by atoms with Gasteiger partial charge in [-0.1, -0.05) is 50.9 Å². The third kappa shape index (κ3) is 4.41. The summed E-state index contributed by atoms with van der Waals surface area (Å²) in [4.78, 5) is 0. The quantitative estimate of drug-likeness (QED) is 0.717. The molecule has 0 aromatic carbocycles. The molecular weight excluding hydrogens is 285 g/mol. The molecule has 0 radical (unpaired) electrons. The molecule has 1 atom stereocenters. The van der Waals surface area contributed by atoms with E-state index in [-0.39, 0.29) is 6.04 Å². The summed E-state index contributed by atoms with van der Waals surface area (Å²) in [5.74, 6) is 2.05. The van der Waals surface area contributed by atoms with Gasteiger partial charge in [-0.15, -0.1) is 11.3 Å². The molecule has 1 rings (SSSR count). The maximum absolute atomic E-state index is 6.17. The molecule has 0 saturated heterocycles. The third-order valence-electron chi connectivity index (χ3n) is 3.52. The monoisotopic (exact) mass is 307 g/mol. The predicted octanol–water partition coefficient (Wildman–Crippen LogP) is 5.63. The molecule has 1 aromatic rings. The molecule has 4 heteroatoms. The third-order valence-corrected chi connectivity index (χ3v) is 5.04. The standard InChI is InChI=1S/C14H23Cl2NS/c1-8(2)12(9(3)4)7-17-10(5)11-6-13(15)18-14(11)16/h6,8-10,12,17H,7H2,1-5H3. The molecule has 104 valence electrons. The van der Waals surface area contributed by atoms with Gasteiger partial charge in [-0.05, 0) is 42.9 Å². The largest absolute Gasteiger partial charge is 0.310 e. The van der Waals surface area contributed by atoms with Crippen molar-refractivity contribution >= 4 is 34.5 Å². The number of hydrogen-bond acceptors (Lipinski definition) is 2. The molecule has 1 heterocycles. The van der Waals surface area contributed by atoms with Crippen molar-refractivity contribution < 1.29 is 0 Å². The van der Waals surface area contributed by atoms with Crippen LogP contribution in [0.2, 0.25) is 8.67 Å². The second-order valence-electron chi connectivity index (χ2n) is 5.56. The lowest BCUT2D eigenvalue weighted by Gasteiger charge is -2.27. The van der Waals surface area contributed by atoms with Crippen molar-refractivity contribution in [2.24, 2.45) is 17.8 Å². The number of rotatable bonds is 6. The first-order valence-electron chi connectivity index (χ1n) is 6.51. The molecule has 18 heavy (non-hydrogen) atoms. The van der Waals surface area contributed by atoms with Crippen LogP contribution in [0.5, 0.6) is 0 Å². The Labute approximate surface area is 125 Å². The zero-order valence-corrected chi connectivity index (χ0v) is 14.1. The van der Waals surface area contributed by atoms with Crippen molar-refractivity contribution in [3.05, 3.63) is 20.3 Å². The lowest BCUT2D eigenvalue weighted by Crippen LogP contribution is -2.31. The van der Waals surface area contributed by atoms with Crippen LogP contribution in [0, 0.1) is 17.8 Å². The van der Waals surface area contributed by atoms with Gasteiger partial charge < -0.3 is 5.32 Å². The second kappa shape index (κ2) is 7.14. The molecular formula is C14H23Cl2NS. The molecule has 0 spiro atoms. The van der Waals surface area contributed by atoms with E-state index in [0.717, 1.165) is 20.8 Å². The van der Waals surface area contributed by atoms with Crippen LogP contribution >= 0.6 is 34.5 Å². The Morgan fingerprint density at radius 3 is 2.06 bits per heavy atom. The number of hydrogen-bond donors (Lipinski definition) is 1. The van der Waals surface area contributed by atoms with E-state index < -0.39 is 0 Å². The lowest BCUT2D eigenvalue weighted by molar-refractivity contribution is 0.268. The van der Waals surface area contributed by atoms with Crippen molar-refractivity contribution in [3.63, 3.8) is 0 Å². The van der Waals surface area contributed by atoms with Crippen molar-refractivity contribution in [2.75, 3.05) is 6.54 Å². The Hall–Kier alpha value is 0.240. The van der Waals surface area contributed by atoms with E-state index in [2.05, 4.69) is 39.9 Å². The van der Waals surface area contributed by atoms with Crippen LogP contribution in [-0.2, 0) is 0 Å². The van der Waals surface area contributed by atoms with Crippen LogP contribution in [0.25, 0.3) is 0 Å². The van der Waals surface area contributed by atoms with E-state index in [9.17, 15) is 0 Å². The van der Waals surface area contributed by atoms with Gasteiger partial charge in [0.15, 0.2) is 0 Å². The second-order valence-corrected chi connectivity index (χ2v) is 7.85. The van der Waals surface area contributed by atoms with E-state index in [1.165, 1.54) is 11.3 Å². The summed E-state index contributed by atoms with van der Waals surface area (Å²) >= 11 is 13.6. The molecule has 0 aliphatic heterocycles. The summed E-state index contributed by atoms with van der Waals surface area (Å²) in [5.41, 5.74) is 1.11. The highest BCUT2D eigenvalue weighted by molar-refractivity contribution is 7.20. The van der Waals surface area contributed by atoms with E-state index in [4.69, 9.17) is 23.2 Å². The zero-order valence-electron chi connectivity index (χ0n) is 11.8. The van der Waals surface area contributed by atoms with Crippen molar-refractivity contribution in [1.82, 2.24) is 5.32 Å². The fourth-order valence-electron chi connectivity index (χ4n) is 2.31. The van der Waals surface area contributed by atoms with Gasteiger partial charge in [-0.25, -0.2) is 0 Å². The van der Waals surface area contributed by atoms with Crippen LogP contribution in [0.4, 0.5) is 0 Å². The highest BCUT2D eigenvalue weighted by Crippen LogP contribution is 2.35. The molecule has 0 aliphatic carbocycles. The molecule has 0 fully saturated rings. The van der Waals surface area contributed by atoms with Crippen LogP contribution in [0.15, 0.2) is 6.07 Å². The molecule has 1 aromatic heterocycles. The predicted molar refractivity (Wildman–Crippen MR) is 83.9 cm³/mol. The van der Waals surface area contributed by atoms with Crippen molar-refractivity contribution in [2.45, 2.75) is 40.7 Å². The van der Waals surface area contributed by atoms with Gasteiger partial charge in [0.2, 0.25) is 0 Å². The fourth-order valence-corrected chi connectivity index (χ4v) is 3.96.